The van der Waals surface area contributed by atoms with Crippen molar-refractivity contribution in [2.24, 2.45) is 0 Å². The molecule has 0 radical (unpaired) electrons. The molecule has 31 heavy (non-hydrogen) atoms. The summed E-state index contributed by atoms with van der Waals surface area (Å²) < 4.78 is 32.2. The van der Waals surface area contributed by atoms with Gasteiger partial charge in [0.2, 0.25) is 10.0 Å². The maximum Gasteiger partial charge on any atom is 0.269 e. The monoisotopic (exact) mass is 441 g/mol. The minimum Gasteiger partial charge on any atom is -0.497 e. The molecule has 1 heterocycles. The molecule has 0 unspecified atom stereocenters. The molecule has 0 bridgehead atoms. The third-order valence-corrected chi connectivity index (χ3v) is 5.92. The summed E-state index contributed by atoms with van der Waals surface area (Å²) in [6.07, 6.45) is 0.430. The number of pyridine rings is 1. The van der Waals surface area contributed by atoms with E-state index in [0.29, 0.717) is 35.6 Å². The normalized spacial score (nSPS) is 11.1. The summed E-state index contributed by atoms with van der Waals surface area (Å²) in [5.74, 6) is 1.08. The fraction of sp³-hybridized carbons (Fsp3) is 0.200. The van der Waals surface area contributed by atoms with E-state index in [1.54, 1.807) is 31.4 Å². The number of fused-ring (bicyclic) bond motifs is 1. The van der Waals surface area contributed by atoms with Crippen molar-refractivity contribution in [2.75, 3.05) is 25.5 Å². The molecule has 0 atom stereocenters. The number of nitriles is 1. The SMILES string of the molecule is COc1ccc2nc(NCCCNS(=O)(=O)c3ccc([N+](=O)[O-])cc3)c(C#N)cc2c1. The van der Waals surface area contributed by atoms with E-state index in [9.17, 15) is 23.8 Å². The van der Waals surface area contributed by atoms with Crippen LogP contribution in [0.25, 0.3) is 10.9 Å². The van der Waals surface area contributed by atoms with E-state index in [4.69, 9.17) is 4.74 Å². The van der Waals surface area contributed by atoms with Crippen molar-refractivity contribution in [1.82, 2.24) is 9.71 Å². The lowest BCUT2D eigenvalue weighted by molar-refractivity contribution is -0.384. The lowest BCUT2D eigenvalue weighted by Crippen LogP contribution is -2.26. The highest BCUT2D eigenvalue weighted by molar-refractivity contribution is 7.89. The zero-order valence-corrected chi connectivity index (χ0v) is 17.3. The Balaban J connectivity index is 1.58. The first-order valence-electron chi connectivity index (χ1n) is 9.21. The lowest BCUT2D eigenvalue weighted by Gasteiger charge is -2.10. The van der Waals surface area contributed by atoms with Gasteiger partial charge >= 0.3 is 0 Å². The van der Waals surface area contributed by atoms with Gasteiger partial charge in [0.25, 0.3) is 5.69 Å². The Morgan fingerprint density at radius 1 is 1.16 bits per heavy atom. The van der Waals surface area contributed by atoms with Gasteiger partial charge in [-0.15, -0.1) is 0 Å². The molecule has 3 rings (SSSR count). The number of ether oxygens (including phenoxy) is 1. The smallest absolute Gasteiger partial charge is 0.269 e. The number of hydrogen-bond acceptors (Lipinski definition) is 8. The summed E-state index contributed by atoms with van der Waals surface area (Å²) in [7, 11) is -2.22. The lowest BCUT2D eigenvalue weighted by atomic mass is 10.1. The number of nitrogens with one attached hydrogen (secondary N) is 2. The number of nitro groups is 1. The van der Waals surface area contributed by atoms with Gasteiger partial charge in [-0.1, -0.05) is 0 Å². The number of anilines is 1. The molecule has 2 aromatic carbocycles. The molecule has 0 fully saturated rings. The van der Waals surface area contributed by atoms with Crippen molar-refractivity contribution in [3.8, 4) is 11.8 Å². The average molecular weight is 441 g/mol. The number of rotatable bonds is 9. The maximum atomic E-state index is 12.3. The quantitative estimate of drug-likeness (QED) is 0.293. The van der Waals surface area contributed by atoms with Crippen LogP contribution in [0.4, 0.5) is 11.5 Å². The second kappa shape index (κ2) is 9.38. The van der Waals surface area contributed by atoms with E-state index in [1.807, 2.05) is 0 Å². The standard InChI is InChI=1S/C20H19N5O5S/c1-30-17-5-8-19-14(12-17)11-15(13-21)20(24-19)22-9-2-10-23-31(28,29)18-6-3-16(4-7-18)25(26)27/h3-8,11-12,23H,2,9-10H2,1H3,(H,22,24). The van der Waals surface area contributed by atoms with Crippen molar-refractivity contribution >= 4 is 32.4 Å². The third-order valence-electron chi connectivity index (χ3n) is 4.44. The van der Waals surface area contributed by atoms with Gasteiger partial charge in [0.15, 0.2) is 0 Å². The van der Waals surface area contributed by atoms with Gasteiger partial charge in [-0.05, 0) is 42.8 Å². The van der Waals surface area contributed by atoms with E-state index in [2.05, 4.69) is 21.1 Å². The van der Waals surface area contributed by atoms with Crippen LogP contribution in [0.5, 0.6) is 5.75 Å². The molecule has 0 aliphatic rings. The summed E-state index contributed by atoms with van der Waals surface area (Å²) in [5, 5.41) is 23.9. The van der Waals surface area contributed by atoms with E-state index in [1.165, 1.54) is 12.1 Å². The van der Waals surface area contributed by atoms with Crippen molar-refractivity contribution < 1.29 is 18.1 Å². The second-order valence-corrected chi connectivity index (χ2v) is 8.25. The highest BCUT2D eigenvalue weighted by Crippen LogP contribution is 2.24. The van der Waals surface area contributed by atoms with Crippen LogP contribution in [-0.2, 0) is 10.0 Å². The van der Waals surface area contributed by atoms with Gasteiger partial charge in [0.05, 0.1) is 28.0 Å². The van der Waals surface area contributed by atoms with Crippen molar-refractivity contribution in [3.05, 3.63) is 64.2 Å². The Morgan fingerprint density at radius 2 is 1.90 bits per heavy atom. The Hall–Kier alpha value is -3.75. The summed E-state index contributed by atoms with van der Waals surface area (Å²) in [5.41, 5.74) is 0.881. The molecule has 1 aromatic heterocycles. The molecule has 0 aliphatic carbocycles. The summed E-state index contributed by atoms with van der Waals surface area (Å²) in [4.78, 5) is 14.5. The molecular formula is C20H19N5O5S. The topological polar surface area (TPSA) is 147 Å². The predicted molar refractivity (Wildman–Crippen MR) is 114 cm³/mol. The van der Waals surface area contributed by atoms with Gasteiger partial charge in [0.1, 0.15) is 17.6 Å². The minimum atomic E-state index is -3.78. The molecule has 160 valence electrons. The van der Waals surface area contributed by atoms with Crippen molar-refractivity contribution in [3.63, 3.8) is 0 Å². The van der Waals surface area contributed by atoms with Gasteiger partial charge in [-0.25, -0.2) is 18.1 Å². The van der Waals surface area contributed by atoms with Crippen LogP contribution in [0.3, 0.4) is 0 Å². The molecule has 0 amide bonds. The van der Waals surface area contributed by atoms with Crippen LogP contribution in [0.15, 0.2) is 53.4 Å². The number of sulfonamides is 1. The van der Waals surface area contributed by atoms with Gasteiger partial charge < -0.3 is 10.1 Å². The number of aromatic nitrogens is 1. The molecule has 3 aromatic rings. The largest absolute Gasteiger partial charge is 0.497 e. The Bertz CT molecular complexity index is 1250. The summed E-state index contributed by atoms with van der Waals surface area (Å²) >= 11 is 0. The predicted octanol–water partition coefficient (Wildman–Crippen LogP) is 2.80. The summed E-state index contributed by atoms with van der Waals surface area (Å²) in [6.45, 7) is 0.519. The van der Waals surface area contributed by atoms with Gasteiger partial charge in [0, 0.05) is 30.6 Å². The molecular weight excluding hydrogens is 422 g/mol. The number of nitro benzene ring substituents is 1. The van der Waals surface area contributed by atoms with Gasteiger partial charge in [-0.2, -0.15) is 5.26 Å². The molecule has 0 saturated carbocycles. The van der Waals surface area contributed by atoms with Crippen LogP contribution in [-0.4, -0.2) is 38.5 Å². The molecule has 0 spiro atoms. The van der Waals surface area contributed by atoms with Crippen LogP contribution in [0.2, 0.25) is 0 Å². The maximum absolute atomic E-state index is 12.3. The Morgan fingerprint density at radius 3 is 2.55 bits per heavy atom. The van der Waals surface area contributed by atoms with E-state index >= 15 is 0 Å². The minimum absolute atomic E-state index is 0.0514. The fourth-order valence-corrected chi connectivity index (χ4v) is 3.91. The van der Waals surface area contributed by atoms with Gasteiger partial charge in [-0.3, -0.25) is 10.1 Å². The zero-order chi connectivity index (χ0) is 22.4. The molecule has 0 aliphatic heterocycles. The Kier molecular flexibility index (Phi) is 6.64. The van der Waals surface area contributed by atoms with E-state index in [-0.39, 0.29) is 17.1 Å². The highest BCUT2D eigenvalue weighted by atomic mass is 32.2. The van der Waals surface area contributed by atoms with Crippen LogP contribution in [0.1, 0.15) is 12.0 Å². The second-order valence-electron chi connectivity index (χ2n) is 6.48. The zero-order valence-electron chi connectivity index (χ0n) is 16.5. The van der Waals surface area contributed by atoms with E-state index in [0.717, 1.165) is 17.5 Å². The van der Waals surface area contributed by atoms with E-state index < -0.39 is 14.9 Å². The summed E-state index contributed by atoms with van der Waals surface area (Å²) in [6, 6.07) is 13.8. The fourth-order valence-electron chi connectivity index (χ4n) is 2.83. The number of non-ortho nitro benzene ring substituents is 1. The first-order valence-corrected chi connectivity index (χ1v) is 10.7. The number of nitrogens with zero attached hydrogens (tertiary/aromatic N) is 3. The number of benzene rings is 2. The average Bonchev–Trinajstić information content (AvgIpc) is 2.77. The van der Waals surface area contributed by atoms with Crippen LogP contribution < -0.4 is 14.8 Å². The molecule has 0 saturated heterocycles. The first-order chi connectivity index (χ1) is 14.8. The van der Waals surface area contributed by atoms with Crippen molar-refractivity contribution in [2.45, 2.75) is 11.3 Å². The third kappa shape index (κ3) is 5.25. The molecule has 11 heteroatoms. The first kappa shape index (κ1) is 21.9. The Labute approximate surface area is 178 Å². The van der Waals surface area contributed by atoms with Crippen LogP contribution in [0, 0.1) is 21.4 Å². The molecule has 2 N–H and O–H groups in total. The van der Waals surface area contributed by atoms with Crippen LogP contribution >= 0.6 is 0 Å². The molecule has 10 nitrogen and oxygen atoms in total. The number of methoxy groups -OCH3 is 1. The highest BCUT2D eigenvalue weighted by Gasteiger charge is 2.15. The number of hydrogen-bond donors (Lipinski definition) is 2. The van der Waals surface area contributed by atoms with Crippen molar-refractivity contribution in [1.29, 1.82) is 5.26 Å².